The van der Waals surface area contributed by atoms with Gasteiger partial charge in [0.25, 0.3) is 0 Å². The fourth-order valence-corrected chi connectivity index (χ4v) is 0.452. The van der Waals surface area contributed by atoms with Gasteiger partial charge in [-0.25, -0.2) is 14.4 Å². The smallest absolute Gasteiger partial charge is 0.411 e. The molecule has 0 aromatic heterocycles. The molecule has 0 heterocycles. The molecule has 0 saturated carbocycles. The largest absolute Gasteiger partial charge is 0.465 e. The van der Waals surface area contributed by atoms with Crippen LogP contribution in [0.15, 0.2) is 0 Å². The molecule has 0 aliphatic heterocycles. The first-order valence-corrected chi connectivity index (χ1v) is 3.78. The first kappa shape index (κ1) is 12.8. The van der Waals surface area contributed by atoms with Gasteiger partial charge in [0, 0.05) is 7.05 Å². The van der Waals surface area contributed by atoms with Crippen LogP contribution in [0.4, 0.5) is 14.4 Å². The molecule has 9 nitrogen and oxygen atoms in total. The van der Waals surface area contributed by atoms with E-state index >= 15 is 0 Å². The van der Waals surface area contributed by atoms with E-state index < -0.39 is 25.1 Å². The molecule has 0 atom stereocenters. The summed E-state index contributed by atoms with van der Waals surface area (Å²) in [4.78, 5) is 31.1. The van der Waals surface area contributed by atoms with Crippen molar-refractivity contribution in [2.45, 2.75) is 0 Å². The number of nitrogens with one attached hydrogen (secondary N) is 3. The Morgan fingerprint density at radius 1 is 1.13 bits per heavy atom. The number of amides is 3. The molecule has 0 rings (SSSR count). The first-order chi connectivity index (χ1) is 7.06. The molecule has 0 aliphatic rings. The van der Waals surface area contributed by atoms with Gasteiger partial charge in [0.1, 0.15) is 0 Å². The van der Waals surface area contributed by atoms with Gasteiger partial charge in [-0.2, -0.15) is 0 Å². The number of alkyl carbamates (subject to hydrolysis) is 2. The van der Waals surface area contributed by atoms with Crippen LogP contribution >= 0.6 is 0 Å². The Kier molecular flexibility index (Phi) is 6.18. The number of hydrogen-bond donors (Lipinski definition) is 4. The van der Waals surface area contributed by atoms with Crippen LogP contribution in [0.5, 0.6) is 0 Å². The lowest BCUT2D eigenvalue weighted by Crippen LogP contribution is -2.37. The number of carboxylic acid groups (broad SMARTS) is 1. The third-order valence-corrected chi connectivity index (χ3v) is 1.06. The maximum absolute atomic E-state index is 10.7. The minimum Gasteiger partial charge on any atom is -0.465 e. The van der Waals surface area contributed by atoms with Crippen molar-refractivity contribution in [2.75, 3.05) is 20.5 Å². The molecular weight excluding hydrogens is 210 g/mol. The van der Waals surface area contributed by atoms with Crippen molar-refractivity contribution in [2.24, 2.45) is 0 Å². The predicted molar refractivity (Wildman–Crippen MR) is 46.1 cm³/mol. The average molecular weight is 221 g/mol. The molecule has 9 heteroatoms. The van der Waals surface area contributed by atoms with Crippen LogP contribution in [0.3, 0.4) is 0 Å². The van der Waals surface area contributed by atoms with E-state index in [1.165, 1.54) is 7.05 Å². The van der Waals surface area contributed by atoms with E-state index in [1.54, 1.807) is 0 Å². The SMILES string of the molecule is CNC(=O)OCOC(=O)NCNC(=O)O. The van der Waals surface area contributed by atoms with E-state index in [0.29, 0.717) is 0 Å². The highest BCUT2D eigenvalue weighted by Gasteiger charge is 2.03. The molecule has 0 bridgehead atoms. The van der Waals surface area contributed by atoms with Crippen LogP contribution in [0, 0.1) is 0 Å². The number of hydrogen-bond acceptors (Lipinski definition) is 5. The van der Waals surface area contributed by atoms with Crippen molar-refractivity contribution < 1.29 is 29.0 Å². The van der Waals surface area contributed by atoms with Gasteiger partial charge in [-0.1, -0.05) is 0 Å². The topological polar surface area (TPSA) is 126 Å². The molecule has 0 saturated heterocycles. The monoisotopic (exact) mass is 221 g/mol. The minimum absolute atomic E-state index is 0.297. The quantitative estimate of drug-likeness (QED) is 0.463. The summed E-state index contributed by atoms with van der Waals surface area (Å²) in [6, 6.07) is 0. The molecule has 86 valence electrons. The summed E-state index contributed by atoms with van der Waals surface area (Å²) in [5.41, 5.74) is 0. The van der Waals surface area contributed by atoms with Gasteiger partial charge in [0.05, 0.1) is 6.67 Å². The Hall–Kier alpha value is -2.19. The normalized spacial score (nSPS) is 8.60. The average Bonchev–Trinajstić information content (AvgIpc) is 2.17. The summed E-state index contributed by atoms with van der Waals surface area (Å²) in [5.74, 6) is 0. The Balaban J connectivity index is 3.41. The van der Waals surface area contributed by atoms with Gasteiger partial charge in [-0.15, -0.1) is 0 Å². The first-order valence-electron chi connectivity index (χ1n) is 3.78. The summed E-state index contributed by atoms with van der Waals surface area (Å²) in [5, 5.41) is 14.2. The van der Waals surface area contributed by atoms with Gasteiger partial charge in [-0.05, 0) is 0 Å². The predicted octanol–water partition coefficient (Wildman–Crippen LogP) is -0.749. The van der Waals surface area contributed by atoms with E-state index in [-0.39, 0.29) is 6.67 Å². The zero-order valence-electron chi connectivity index (χ0n) is 7.90. The number of carbonyl (C=O) groups is 3. The van der Waals surface area contributed by atoms with Crippen molar-refractivity contribution >= 4 is 18.3 Å². The number of rotatable bonds is 4. The standard InChI is InChI=1S/C6H11N3O6/c1-7-5(12)14-3-15-6(13)9-2-8-4(10)11/h8H,2-3H2,1H3,(H,7,12)(H,9,13)(H,10,11). The molecular formula is C6H11N3O6. The summed E-state index contributed by atoms with van der Waals surface area (Å²) in [6.07, 6.45) is -2.93. The van der Waals surface area contributed by atoms with Crippen LogP contribution in [0.1, 0.15) is 0 Å². The molecule has 0 unspecified atom stereocenters. The van der Waals surface area contributed by atoms with Gasteiger partial charge < -0.3 is 30.5 Å². The molecule has 0 aromatic carbocycles. The third-order valence-electron chi connectivity index (χ3n) is 1.06. The second kappa shape index (κ2) is 7.24. The maximum atomic E-state index is 10.7. The molecule has 3 amide bonds. The highest BCUT2D eigenvalue weighted by molar-refractivity contribution is 5.69. The van der Waals surface area contributed by atoms with Gasteiger partial charge in [-0.3, -0.25) is 0 Å². The van der Waals surface area contributed by atoms with Gasteiger partial charge in [0.15, 0.2) is 0 Å². The highest BCUT2D eigenvalue weighted by atomic mass is 16.7. The second-order valence-corrected chi connectivity index (χ2v) is 2.07. The highest BCUT2D eigenvalue weighted by Crippen LogP contribution is 1.80. The molecule has 15 heavy (non-hydrogen) atoms. The maximum Gasteiger partial charge on any atom is 0.411 e. The van der Waals surface area contributed by atoms with Crippen molar-refractivity contribution in [3.05, 3.63) is 0 Å². The molecule has 0 aliphatic carbocycles. The van der Waals surface area contributed by atoms with Crippen LogP contribution in [0.25, 0.3) is 0 Å². The van der Waals surface area contributed by atoms with Gasteiger partial charge >= 0.3 is 18.3 Å². The Morgan fingerprint density at radius 3 is 2.27 bits per heavy atom. The van der Waals surface area contributed by atoms with Crippen molar-refractivity contribution in [3.8, 4) is 0 Å². The Labute approximate surface area is 84.7 Å². The third kappa shape index (κ3) is 8.15. The zero-order valence-corrected chi connectivity index (χ0v) is 7.90. The summed E-state index contributed by atoms with van der Waals surface area (Å²) >= 11 is 0. The molecule has 0 radical (unpaired) electrons. The summed E-state index contributed by atoms with van der Waals surface area (Å²) in [6.45, 7) is -0.854. The van der Waals surface area contributed by atoms with Crippen LogP contribution < -0.4 is 16.0 Å². The van der Waals surface area contributed by atoms with E-state index in [9.17, 15) is 14.4 Å². The minimum atomic E-state index is -1.28. The summed E-state index contributed by atoms with van der Waals surface area (Å²) < 4.78 is 8.65. The van der Waals surface area contributed by atoms with E-state index in [1.807, 2.05) is 10.6 Å². The van der Waals surface area contributed by atoms with Crippen molar-refractivity contribution in [1.29, 1.82) is 0 Å². The Bertz CT molecular complexity index is 243. The van der Waals surface area contributed by atoms with Crippen LogP contribution in [0.2, 0.25) is 0 Å². The molecule has 0 spiro atoms. The summed E-state index contributed by atoms with van der Waals surface area (Å²) in [7, 11) is 1.35. The number of carbonyl (C=O) groups excluding carboxylic acids is 2. The lowest BCUT2D eigenvalue weighted by Gasteiger charge is -2.06. The lowest BCUT2D eigenvalue weighted by atomic mass is 10.9. The van der Waals surface area contributed by atoms with E-state index in [4.69, 9.17) is 5.11 Å². The molecule has 0 fully saturated rings. The van der Waals surface area contributed by atoms with Gasteiger partial charge in [0.2, 0.25) is 6.79 Å². The van der Waals surface area contributed by atoms with Crippen LogP contribution in [-0.4, -0.2) is 43.9 Å². The fraction of sp³-hybridized carbons (Fsp3) is 0.500. The van der Waals surface area contributed by atoms with E-state index in [2.05, 4.69) is 14.8 Å². The van der Waals surface area contributed by atoms with Crippen LogP contribution in [-0.2, 0) is 9.47 Å². The zero-order chi connectivity index (χ0) is 11.7. The van der Waals surface area contributed by atoms with E-state index in [0.717, 1.165) is 0 Å². The molecule has 0 aromatic rings. The fourth-order valence-electron chi connectivity index (χ4n) is 0.452. The Morgan fingerprint density at radius 2 is 1.73 bits per heavy atom. The lowest BCUT2D eigenvalue weighted by molar-refractivity contribution is 0.0251. The van der Waals surface area contributed by atoms with Crippen molar-refractivity contribution in [3.63, 3.8) is 0 Å². The van der Waals surface area contributed by atoms with Crippen molar-refractivity contribution in [1.82, 2.24) is 16.0 Å². The second-order valence-electron chi connectivity index (χ2n) is 2.07. The number of ether oxygens (including phenoxy) is 2. The molecule has 4 N–H and O–H groups in total.